The van der Waals surface area contributed by atoms with E-state index >= 15 is 0 Å². The van der Waals surface area contributed by atoms with Gasteiger partial charge in [-0.2, -0.15) is 0 Å². The number of rotatable bonds is 15. The maximum Gasteiger partial charge on any atom is 0.533 e. The maximum atomic E-state index is 12.8. The van der Waals surface area contributed by atoms with Gasteiger partial charge in [0.1, 0.15) is 6.61 Å². The molecular formula is C28H33N3O9. The smallest absolute Gasteiger partial charge is 0.432 e. The summed E-state index contributed by atoms with van der Waals surface area (Å²) in [4.78, 5) is 53.3. The SMILES string of the molecule is NCCOCCOCCOCCNC(=O)c1ccc2c(c1)C(COC(=O)ON1C(=O)CCC1=O)c1ccccc1-2. The molecule has 1 aliphatic heterocycles. The van der Waals surface area contributed by atoms with E-state index in [-0.39, 0.29) is 31.3 Å². The fourth-order valence-electron chi connectivity index (χ4n) is 4.50. The molecule has 1 saturated heterocycles. The van der Waals surface area contributed by atoms with Crippen molar-refractivity contribution in [1.29, 1.82) is 0 Å². The Balaban J connectivity index is 1.28. The summed E-state index contributed by atoms with van der Waals surface area (Å²) in [5.41, 5.74) is 9.44. The lowest BCUT2D eigenvalue weighted by molar-refractivity contribution is -0.177. The van der Waals surface area contributed by atoms with Gasteiger partial charge in [-0.15, -0.1) is 0 Å². The summed E-state index contributed by atoms with van der Waals surface area (Å²) in [6.07, 6.45) is -1.16. The van der Waals surface area contributed by atoms with E-state index in [1.54, 1.807) is 12.1 Å². The quantitative estimate of drug-likeness (QED) is 0.189. The Morgan fingerprint density at radius 2 is 1.50 bits per heavy atom. The summed E-state index contributed by atoms with van der Waals surface area (Å²) >= 11 is 0. The molecule has 0 spiro atoms. The summed E-state index contributed by atoms with van der Waals surface area (Å²) in [6.45, 7) is 3.31. The number of ether oxygens (including phenoxy) is 4. The molecule has 0 bridgehead atoms. The van der Waals surface area contributed by atoms with Crippen molar-refractivity contribution >= 4 is 23.9 Å². The molecule has 1 unspecified atom stereocenters. The highest BCUT2D eigenvalue weighted by Crippen LogP contribution is 2.45. The number of nitrogens with zero attached hydrogens (tertiary/aromatic N) is 1. The number of hydroxylamine groups is 2. The van der Waals surface area contributed by atoms with E-state index < -0.39 is 18.0 Å². The third kappa shape index (κ3) is 7.42. The van der Waals surface area contributed by atoms with Crippen molar-refractivity contribution < 1.29 is 43.0 Å². The highest BCUT2D eigenvalue weighted by atomic mass is 16.8. The van der Waals surface area contributed by atoms with E-state index in [2.05, 4.69) is 5.32 Å². The molecule has 40 heavy (non-hydrogen) atoms. The first kappa shape index (κ1) is 29.2. The van der Waals surface area contributed by atoms with Crippen LogP contribution in [0.25, 0.3) is 11.1 Å². The molecule has 2 aromatic rings. The van der Waals surface area contributed by atoms with Crippen LogP contribution in [0.5, 0.6) is 0 Å². The second-order valence-electron chi connectivity index (χ2n) is 9.06. The molecule has 1 heterocycles. The lowest BCUT2D eigenvalue weighted by Gasteiger charge is -2.16. The highest BCUT2D eigenvalue weighted by molar-refractivity contribution is 6.01. The number of fused-ring (bicyclic) bond motifs is 3. The van der Waals surface area contributed by atoms with Crippen LogP contribution < -0.4 is 11.1 Å². The normalized spacial score (nSPS) is 15.6. The Labute approximate surface area is 231 Å². The number of amides is 3. The van der Waals surface area contributed by atoms with Crippen LogP contribution in [-0.2, 0) is 33.4 Å². The van der Waals surface area contributed by atoms with Crippen molar-refractivity contribution in [2.75, 3.05) is 59.3 Å². The number of hydrogen-bond acceptors (Lipinski definition) is 10. The number of nitrogens with two attached hydrogens (primary N) is 1. The van der Waals surface area contributed by atoms with Crippen molar-refractivity contribution in [3.8, 4) is 11.1 Å². The van der Waals surface area contributed by atoms with Crippen molar-refractivity contribution in [2.45, 2.75) is 18.8 Å². The summed E-state index contributed by atoms with van der Waals surface area (Å²) in [5.74, 6) is -1.80. The van der Waals surface area contributed by atoms with E-state index in [0.29, 0.717) is 63.4 Å². The molecule has 3 amide bonds. The Bertz CT molecular complexity index is 1200. The van der Waals surface area contributed by atoms with Gasteiger partial charge < -0.3 is 30.0 Å². The molecule has 4 rings (SSSR count). The van der Waals surface area contributed by atoms with Gasteiger partial charge in [-0.05, 0) is 34.4 Å². The number of carbonyl (C=O) groups excluding carboxylic acids is 4. The van der Waals surface area contributed by atoms with E-state index in [9.17, 15) is 19.2 Å². The van der Waals surface area contributed by atoms with E-state index in [0.717, 1.165) is 22.3 Å². The molecule has 2 aromatic carbocycles. The zero-order valence-corrected chi connectivity index (χ0v) is 22.1. The average molecular weight is 556 g/mol. The summed E-state index contributed by atoms with van der Waals surface area (Å²) in [7, 11) is 0. The first-order valence-electron chi connectivity index (χ1n) is 13.1. The molecule has 0 saturated carbocycles. The Hall–Kier alpha value is -3.84. The van der Waals surface area contributed by atoms with Gasteiger partial charge in [0.05, 0.1) is 39.6 Å². The first-order valence-corrected chi connectivity index (χ1v) is 13.1. The highest BCUT2D eigenvalue weighted by Gasteiger charge is 2.35. The third-order valence-electron chi connectivity index (χ3n) is 6.39. The lowest BCUT2D eigenvalue weighted by Crippen LogP contribution is -2.32. The second kappa shape index (κ2) is 14.5. The Kier molecular flexibility index (Phi) is 10.6. The van der Waals surface area contributed by atoms with Crippen LogP contribution in [0.4, 0.5) is 4.79 Å². The summed E-state index contributed by atoms with van der Waals surface area (Å²) < 4.78 is 21.4. The third-order valence-corrected chi connectivity index (χ3v) is 6.39. The number of imide groups is 1. The van der Waals surface area contributed by atoms with Crippen molar-refractivity contribution in [1.82, 2.24) is 10.4 Å². The molecular weight excluding hydrogens is 522 g/mol. The molecule has 0 aromatic heterocycles. The molecule has 12 heteroatoms. The zero-order valence-electron chi connectivity index (χ0n) is 22.1. The fraction of sp³-hybridized carbons (Fsp3) is 0.429. The van der Waals surface area contributed by atoms with Crippen molar-refractivity contribution in [3.05, 3.63) is 59.2 Å². The van der Waals surface area contributed by atoms with Gasteiger partial charge in [0.25, 0.3) is 17.7 Å². The Morgan fingerprint density at radius 1 is 0.850 bits per heavy atom. The van der Waals surface area contributed by atoms with Crippen LogP contribution in [-0.4, -0.2) is 88.3 Å². The van der Waals surface area contributed by atoms with Gasteiger partial charge in [-0.25, -0.2) is 4.79 Å². The minimum Gasteiger partial charge on any atom is -0.432 e. The number of nitrogens with one attached hydrogen (secondary N) is 1. The van der Waals surface area contributed by atoms with Crippen molar-refractivity contribution in [3.63, 3.8) is 0 Å². The largest absolute Gasteiger partial charge is 0.533 e. The summed E-state index contributed by atoms with van der Waals surface area (Å²) in [6, 6.07) is 13.1. The van der Waals surface area contributed by atoms with Gasteiger partial charge in [0.2, 0.25) is 0 Å². The van der Waals surface area contributed by atoms with Crippen molar-refractivity contribution in [2.24, 2.45) is 5.73 Å². The second-order valence-corrected chi connectivity index (χ2v) is 9.06. The van der Waals surface area contributed by atoms with Crippen LogP contribution in [0.2, 0.25) is 0 Å². The van der Waals surface area contributed by atoms with Gasteiger partial charge in [-0.3, -0.25) is 19.2 Å². The van der Waals surface area contributed by atoms with Crippen LogP contribution in [0.1, 0.15) is 40.2 Å². The molecule has 3 N–H and O–H groups in total. The predicted octanol–water partition coefficient (Wildman–Crippen LogP) is 1.75. The van der Waals surface area contributed by atoms with Gasteiger partial charge in [0, 0.05) is 37.4 Å². The molecule has 1 atom stereocenters. The predicted molar refractivity (Wildman–Crippen MR) is 141 cm³/mol. The lowest BCUT2D eigenvalue weighted by atomic mass is 9.96. The zero-order chi connectivity index (χ0) is 28.3. The van der Waals surface area contributed by atoms with Gasteiger partial charge >= 0.3 is 6.16 Å². The van der Waals surface area contributed by atoms with Crippen LogP contribution >= 0.6 is 0 Å². The number of carbonyl (C=O) groups is 4. The van der Waals surface area contributed by atoms with E-state index in [4.69, 9.17) is 29.5 Å². The Morgan fingerprint density at radius 3 is 2.23 bits per heavy atom. The molecule has 2 aliphatic rings. The molecule has 1 aliphatic carbocycles. The average Bonchev–Trinajstić information content (AvgIpc) is 3.45. The number of benzene rings is 2. The summed E-state index contributed by atoms with van der Waals surface area (Å²) in [5, 5.41) is 3.28. The molecule has 0 radical (unpaired) electrons. The minimum absolute atomic E-state index is 0.00727. The van der Waals surface area contributed by atoms with E-state index in [1.165, 1.54) is 0 Å². The van der Waals surface area contributed by atoms with Crippen LogP contribution in [0.15, 0.2) is 42.5 Å². The number of hydrogen-bond donors (Lipinski definition) is 2. The standard InChI is InChI=1S/C28H33N3O9/c29-9-11-36-13-15-38-16-14-37-12-10-30-27(34)19-5-6-22-20-3-1-2-4-21(20)24(23(22)17-19)18-39-28(35)40-31-25(32)7-8-26(31)33/h1-6,17,24H,7-16,18,29H2,(H,30,34). The van der Waals surface area contributed by atoms with Gasteiger partial charge in [-0.1, -0.05) is 35.4 Å². The fourth-order valence-corrected chi connectivity index (χ4v) is 4.50. The molecule has 214 valence electrons. The van der Waals surface area contributed by atoms with Crippen LogP contribution in [0, 0.1) is 0 Å². The van der Waals surface area contributed by atoms with Gasteiger partial charge in [0.15, 0.2) is 0 Å². The molecule has 1 fully saturated rings. The maximum absolute atomic E-state index is 12.8. The van der Waals surface area contributed by atoms with E-state index in [1.807, 2.05) is 30.3 Å². The monoisotopic (exact) mass is 555 g/mol. The topological polar surface area (TPSA) is 156 Å². The van der Waals surface area contributed by atoms with Crippen LogP contribution in [0.3, 0.4) is 0 Å². The molecule has 12 nitrogen and oxygen atoms in total. The minimum atomic E-state index is -1.14. The first-order chi connectivity index (χ1) is 19.5.